The average Bonchev–Trinajstić information content (AvgIpc) is 2.95. The maximum absolute atomic E-state index is 12.4. The Bertz CT molecular complexity index is 330. The van der Waals surface area contributed by atoms with Gasteiger partial charge < -0.3 is 10.1 Å². The van der Waals surface area contributed by atoms with Crippen LogP contribution in [-0.2, 0) is 9.53 Å². The van der Waals surface area contributed by atoms with Crippen molar-refractivity contribution in [3.8, 4) is 0 Å². The molecule has 2 heterocycles. The van der Waals surface area contributed by atoms with E-state index in [0.29, 0.717) is 12.6 Å². The van der Waals surface area contributed by atoms with Gasteiger partial charge in [-0.05, 0) is 58.0 Å². The molecule has 4 nitrogen and oxygen atoms in total. The van der Waals surface area contributed by atoms with Gasteiger partial charge in [0.2, 0.25) is 0 Å². The van der Waals surface area contributed by atoms with Crippen molar-refractivity contribution in [2.75, 3.05) is 26.2 Å². The molecule has 18 heavy (non-hydrogen) atoms. The summed E-state index contributed by atoms with van der Waals surface area (Å²) in [4.78, 5) is 14.9. The van der Waals surface area contributed by atoms with Crippen molar-refractivity contribution in [1.29, 1.82) is 0 Å². The molecule has 1 N–H and O–H groups in total. The molecular weight excluding hydrogens is 228 g/mol. The smallest absolute Gasteiger partial charge is 0.328 e. The maximum atomic E-state index is 12.4. The van der Waals surface area contributed by atoms with Crippen LogP contribution in [-0.4, -0.2) is 48.7 Å². The fourth-order valence-electron chi connectivity index (χ4n) is 3.56. The monoisotopic (exact) mass is 252 g/mol. The highest BCUT2D eigenvalue weighted by molar-refractivity contribution is 5.82. The largest absolute Gasteiger partial charge is 0.465 e. The van der Waals surface area contributed by atoms with Gasteiger partial charge in [-0.15, -0.1) is 0 Å². The zero-order valence-electron chi connectivity index (χ0n) is 11.3. The quantitative estimate of drug-likeness (QED) is 0.746. The Kier molecular flexibility index (Phi) is 3.32. The highest BCUT2D eigenvalue weighted by Crippen LogP contribution is 2.38. The first-order valence-electron chi connectivity index (χ1n) is 7.42. The molecule has 1 saturated carbocycles. The SMILES string of the molecule is CCOC(=O)C1(NCC2CC2)CCN2CCCC21. The lowest BCUT2D eigenvalue weighted by molar-refractivity contribution is -0.152. The number of nitrogens with one attached hydrogen (secondary N) is 1. The van der Waals surface area contributed by atoms with Crippen LogP contribution < -0.4 is 5.32 Å². The second-order valence-electron chi connectivity index (χ2n) is 5.96. The molecule has 0 aromatic rings. The van der Waals surface area contributed by atoms with E-state index in [1.807, 2.05) is 6.92 Å². The normalized spacial score (nSPS) is 35.7. The van der Waals surface area contributed by atoms with E-state index in [1.54, 1.807) is 0 Å². The van der Waals surface area contributed by atoms with Crippen molar-refractivity contribution in [1.82, 2.24) is 10.2 Å². The van der Waals surface area contributed by atoms with E-state index >= 15 is 0 Å². The maximum Gasteiger partial charge on any atom is 0.328 e. The molecule has 0 spiro atoms. The van der Waals surface area contributed by atoms with Gasteiger partial charge >= 0.3 is 5.97 Å². The predicted octanol–water partition coefficient (Wildman–Crippen LogP) is 1.16. The minimum atomic E-state index is -0.408. The molecule has 3 aliphatic rings. The third-order valence-corrected chi connectivity index (χ3v) is 4.77. The van der Waals surface area contributed by atoms with Crippen molar-refractivity contribution in [3.63, 3.8) is 0 Å². The molecule has 1 aliphatic carbocycles. The number of fused-ring (bicyclic) bond motifs is 1. The molecule has 2 aliphatic heterocycles. The molecule has 102 valence electrons. The number of carbonyl (C=O) groups excluding carboxylic acids is 1. The van der Waals surface area contributed by atoms with Gasteiger partial charge in [-0.2, -0.15) is 0 Å². The van der Waals surface area contributed by atoms with Crippen molar-refractivity contribution in [2.45, 2.75) is 50.6 Å². The van der Waals surface area contributed by atoms with E-state index in [0.717, 1.165) is 38.4 Å². The van der Waals surface area contributed by atoms with Gasteiger partial charge in [-0.1, -0.05) is 0 Å². The van der Waals surface area contributed by atoms with Gasteiger partial charge in [0, 0.05) is 12.6 Å². The molecule has 0 bridgehead atoms. The van der Waals surface area contributed by atoms with Crippen molar-refractivity contribution in [2.24, 2.45) is 5.92 Å². The third-order valence-electron chi connectivity index (χ3n) is 4.77. The van der Waals surface area contributed by atoms with Crippen LogP contribution in [0, 0.1) is 5.92 Å². The first kappa shape index (κ1) is 12.4. The summed E-state index contributed by atoms with van der Waals surface area (Å²) in [5, 5.41) is 3.60. The molecule has 0 aromatic heterocycles. The lowest BCUT2D eigenvalue weighted by atomic mass is 9.88. The number of hydrogen-bond acceptors (Lipinski definition) is 4. The van der Waals surface area contributed by atoms with E-state index in [-0.39, 0.29) is 5.97 Å². The van der Waals surface area contributed by atoms with Crippen LogP contribution in [0.15, 0.2) is 0 Å². The van der Waals surface area contributed by atoms with Crippen LogP contribution >= 0.6 is 0 Å². The third kappa shape index (κ3) is 2.05. The molecular formula is C14H24N2O2. The number of ether oxygens (including phenoxy) is 1. The van der Waals surface area contributed by atoms with Gasteiger partial charge in [0.15, 0.2) is 0 Å². The van der Waals surface area contributed by atoms with Crippen LogP contribution in [0.1, 0.15) is 39.0 Å². The summed E-state index contributed by atoms with van der Waals surface area (Å²) >= 11 is 0. The Morgan fingerprint density at radius 3 is 2.94 bits per heavy atom. The number of carbonyl (C=O) groups is 1. The summed E-state index contributed by atoms with van der Waals surface area (Å²) in [6, 6.07) is 0.371. The summed E-state index contributed by atoms with van der Waals surface area (Å²) in [6.07, 6.45) is 5.91. The second-order valence-corrected chi connectivity index (χ2v) is 5.96. The van der Waals surface area contributed by atoms with Gasteiger partial charge in [-0.25, -0.2) is 4.79 Å². The molecule has 0 radical (unpaired) electrons. The number of nitrogens with zero attached hydrogens (tertiary/aromatic N) is 1. The summed E-state index contributed by atoms with van der Waals surface area (Å²) in [6.45, 7) is 5.56. The van der Waals surface area contributed by atoms with Gasteiger partial charge in [0.25, 0.3) is 0 Å². The Morgan fingerprint density at radius 2 is 2.22 bits per heavy atom. The highest BCUT2D eigenvalue weighted by Gasteiger charge is 2.55. The molecule has 0 aromatic carbocycles. The molecule has 3 rings (SSSR count). The minimum Gasteiger partial charge on any atom is -0.465 e. The van der Waals surface area contributed by atoms with Crippen molar-refractivity contribution in [3.05, 3.63) is 0 Å². The van der Waals surface area contributed by atoms with E-state index in [2.05, 4.69) is 10.2 Å². The molecule has 3 fully saturated rings. The minimum absolute atomic E-state index is 0.0138. The number of esters is 1. The fourth-order valence-corrected chi connectivity index (χ4v) is 3.56. The predicted molar refractivity (Wildman–Crippen MR) is 69.3 cm³/mol. The topological polar surface area (TPSA) is 41.6 Å². The van der Waals surface area contributed by atoms with E-state index in [1.165, 1.54) is 19.3 Å². The fraction of sp³-hybridized carbons (Fsp3) is 0.929. The van der Waals surface area contributed by atoms with Crippen molar-refractivity contribution >= 4 is 5.97 Å². The standard InChI is InChI=1S/C14H24N2O2/c1-2-18-13(17)14(15-10-11-5-6-11)7-9-16-8-3-4-12(14)16/h11-12,15H,2-10H2,1H3. The average molecular weight is 252 g/mol. The summed E-state index contributed by atoms with van der Waals surface area (Å²) in [7, 11) is 0. The highest BCUT2D eigenvalue weighted by atomic mass is 16.5. The van der Waals surface area contributed by atoms with Crippen LogP contribution in [0.25, 0.3) is 0 Å². The Labute approximate surface area is 109 Å². The first-order chi connectivity index (χ1) is 8.76. The van der Waals surface area contributed by atoms with Gasteiger partial charge in [-0.3, -0.25) is 4.90 Å². The van der Waals surface area contributed by atoms with E-state index in [9.17, 15) is 4.79 Å². The van der Waals surface area contributed by atoms with Gasteiger partial charge in [0.1, 0.15) is 5.54 Å². The zero-order chi connectivity index (χ0) is 12.6. The zero-order valence-corrected chi connectivity index (χ0v) is 11.3. The van der Waals surface area contributed by atoms with Crippen LogP contribution in [0.2, 0.25) is 0 Å². The van der Waals surface area contributed by atoms with Crippen LogP contribution in [0.3, 0.4) is 0 Å². The lowest BCUT2D eigenvalue weighted by Crippen LogP contribution is -2.60. The lowest BCUT2D eigenvalue weighted by Gasteiger charge is -2.34. The Balaban J connectivity index is 1.75. The number of rotatable bonds is 5. The van der Waals surface area contributed by atoms with E-state index < -0.39 is 5.54 Å². The Morgan fingerprint density at radius 1 is 1.39 bits per heavy atom. The Hall–Kier alpha value is -0.610. The summed E-state index contributed by atoms with van der Waals surface area (Å²) in [5.74, 6) is 0.784. The summed E-state index contributed by atoms with van der Waals surface area (Å²) in [5.41, 5.74) is -0.408. The molecule has 4 heteroatoms. The van der Waals surface area contributed by atoms with E-state index in [4.69, 9.17) is 4.74 Å². The van der Waals surface area contributed by atoms with Crippen molar-refractivity contribution < 1.29 is 9.53 Å². The van der Waals surface area contributed by atoms with Crippen LogP contribution in [0.4, 0.5) is 0 Å². The number of hydrogen-bond donors (Lipinski definition) is 1. The molecule has 2 atom stereocenters. The summed E-state index contributed by atoms with van der Waals surface area (Å²) < 4.78 is 5.36. The molecule has 2 unspecified atom stereocenters. The molecule has 0 amide bonds. The molecule has 2 saturated heterocycles. The van der Waals surface area contributed by atoms with Crippen LogP contribution in [0.5, 0.6) is 0 Å². The first-order valence-corrected chi connectivity index (χ1v) is 7.42. The van der Waals surface area contributed by atoms with Gasteiger partial charge in [0.05, 0.1) is 6.61 Å². The second kappa shape index (κ2) is 4.82.